The van der Waals surface area contributed by atoms with Gasteiger partial charge in [0.15, 0.2) is 0 Å². The fourth-order valence-corrected chi connectivity index (χ4v) is 2.28. The average molecular weight is 210 g/mol. The van der Waals surface area contributed by atoms with Gasteiger partial charge in [-0.1, -0.05) is 13.3 Å². The fraction of sp³-hybridized carbons (Fsp3) is 0.923. The van der Waals surface area contributed by atoms with E-state index in [1.54, 1.807) is 0 Å². The summed E-state index contributed by atoms with van der Waals surface area (Å²) in [5.41, 5.74) is 1.30. The van der Waals surface area contributed by atoms with E-state index in [1.807, 2.05) is 0 Å². The minimum Gasteiger partial charge on any atom is -0.292 e. The summed E-state index contributed by atoms with van der Waals surface area (Å²) in [7, 11) is 0. The lowest BCUT2D eigenvalue weighted by atomic mass is 10.00. The van der Waals surface area contributed by atoms with Crippen molar-refractivity contribution in [3.8, 4) is 0 Å². The number of hydrogen-bond acceptors (Lipinski definition) is 2. The van der Waals surface area contributed by atoms with Gasteiger partial charge in [-0.3, -0.25) is 5.01 Å². The molecular weight excluding hydrogens is 184 g/mol. The van der Waals surface area contributed by atoms with E-state index in [2.05, 4.69) is 32.7 Å². The molecule has 0 aromatic carbocycles. The lowest BCUT2D eigenvalue weighted by Gasteiger charge is -2.37. The third-order valence-corrected chi connectivity index (χ3v) is 3.33. The second kappa shape index (κ2) is 6.14. The van der Waals surface area contributed by atoms with Crippen molar-refractivity contribution in [1.82, 2.24) is 5.01 Å². The lowest BCUT2D eigenvalue weighted by Crippen LogP contribution is -2.40. The van der Waals surface area contributed by atoms with E-state index >= 15 is 0 Å². The molecule has 0 aliphatic carbocycles. The molecule has 15 heavy (non-hydrogen) atoms. The van der Waals surface area contributed by atoms with Crippen molar-refractivity contribution in [2.45, 2.75) is 78.3 Å². The standard InChI is InChI=1S/C13H26N2/c1-5-6-8-11(2)14-15-12(3)9-7-10-13(15)4/h12-13H,5-10H2,1-4H3/b14-11+. The highest BCUT2D eigenvalue weighted by atomic mass is 15.5. The van der Waals surface area contributed by atoms with Crippen molar-refractivity contribution < 1.29 is 0 Å². The molecule has 1 aliphatic rings. The van der Waals surface area contributed by atoms with Crippen LogP contribution in [0.5, 0.6) is 0 Å². The van der Waals surface area contributed by atoms with Crippen molar-refractivity contribution >= 4 is 5.71 Å². The molecule has 0 N–H and O–H groups in total. The molecule has 0 aromatic heterocycles. The van der Waals surface area contributed by atoms with Crippen molar-refractivity contribution in [3.63, 3.8) is 0 Å². The summed E-state index contributed by atoms with van der Waals surface area (Å²) in [6.07, 6.45) is 7.66. The SMILES string of the molecule is CCCC/C(C)=N/N1C(C)CCCC1C. The summed E-state index contributed by atoms with van der Waals surface area (Å²) in [6.45, 7) is 9.00. The molecule has 1 fully saturated rings. The van der Waals surface area contributed by atoms with Gasteiger partial charge in [0, 0.05) is 17.8 Å². The topological polar surface area (TPSA) is 15.6 Å². The average Bonchev–Trinajstić information content (AvgIpc) is 2.21. The zero-order chi connectivity index (χ0) is 11.3. The smallest absolute Gasteiger partial charge is 0.0445 e. The van der Waals surface area contributed by atoms with Crippen molar-refractivity contribution in [3.05, 3.63) is 0 Å². The van der Waals surface area contributed by atoms with Crippen molar-refractivity contribution in [2.24, 2.45) is 5.10 Å². The number of nitrogens with zero attached hydrogens (tertiary/aromatic N) is 2. The second-order valence-corrected chi connectivity index (χ2v) is 4.95. The van der Waals surface area contributed by atoms with Gasteiger partial charge >= 0.3 is 0 Å². The van der Waals surface area contributed by atoms with Crippen LogP contribution in [0.25, 0.3) is 0 Å². The Bertz CT molecular complexity index is 201. The number of hydrazone groups is 1. The first kappa shape index (κ1) is 12.5. The van der Waals surface area contributed by atoms with Crippen LogP contribution in [0.1, 0.15) is 66.2 Å². The molecule has 1 saturated heterocycles. The molecule has 1 aliphatic heterocycles. The van der Waals surface area contributed by atoms with E-state index in [9.17, 15) is 0 Å². The monoisotopic (exact) mass is 210 g/mol. The molecule has 0 saturated carbocycles. The third-order valence-electron chi connectivity index (χ3n) is 3.33. The summed E-state index contributed by atoms with van der Waals surface area (Å²) >= 11 is 0. The molecular formula is C13H26N2. The van der Waals surface area contributed by atoms with Crippen LogP contribution in [0.3, 0.4) is 0 Å². The van der Waals surface area contributed by atoms with Crippen LogP contribution in [-0.2, 0) is 0 Å². The normalized spacial score (nSPS) is 28.3. The van der Waals surface area contributed by atoms with Crippen LogP contribution in [0.4, 0.5) is 0 Å². The first-order valence-corrected chi connectivity index (χ1v) is 6.47. The first-order chi connectivity index (χ1) is 7.15. The number of unbranched alkanes of at least 4 members (excludes halogenated alkanes) is 1. The Labute approximate surface area is 94.7 Å². The van der Waals surface area contributed by atoms with Crippen LogP contribution in [0, 0.1) is 0 Å². The second-order valence-electron chi connectivity index (χ2n) is 4.95. The number of hydrogen-bond donors (Lipinski definition) is 0. The van der Waals surface area contributed by atoms with Crippen LogP contribution in [-0.4, -0.2) is 22.8 Å². The third kappa shape index (κ3) is 3.84. The summed E-state index contributed by atoms with van der Waals surface area (Å²) in [5.74, 6) is 0. The van der Waals surface area contributed by atoms with Gasteiger partial charge in [0.25, 0.3) is 0 Å². The van der Waals surface area contributed by atoms with E-state index in [-0.39, 0.29) is 0 Å². The van der Waals surface area contributed by atoms with Gasteiger partial charge in [-0.05, 0) is 52.9 Å². The molecule has 1 heterocycles. The van der Waals surface area contributed by atoms with E-state index in [0.717, 1.165) is 6.42 Å². The van der Waals surface area contributed by atoms with E-state index < -0.39 is 0 Å². The summed E-state index contributed by atoms with van der Waals surface area (Å²) < 4.78 is 0. The Morgan fingerprint density at radius 3 is 2.40 bits per heavy atom. The summed E-state index contributed by atoms with van der Waals surface area (Å²) in [5, 5.41) is 7.11. The molecule has 88 valence electrons. The molecule has 2 nitrogen and oxygen atoms in total. The Balaban J connectivity index is 2.52. The van der Waals surface area contributed by atoms with Gasteiger partial charge in [-0.2, -0.15) is 5.10 Å². The zero-order valence-electron chi connectivity index (χ0n) is 10.8. The molecule has 2 unspecified atom stereocenters. The van der Waals surface area contributed by atoms with Gasteiger partial charge in [-0.15, -0.1) is 0 Å². The maximum Gasteiger partial charge on any atom is 0.0445 e. The molecule has 2 atom stereocenters. The first-order valence-electron chi connectivity index (χ1n) is 6.47. The Morgan fingerprint density at radius 1 is 1.27 bits per heavy atom. The van der Waals surface area contributed by atoms with Crippen LogP contribution >= 0.6 is 0 Å². The van der Waals surface area contributed by atoms with Crippen molar-refractivity contribution in [1.29, 1.82) is 0 Å². The predicted octanol–water partition coefficient (Wildman–Crippen LogP) is 3.82. The van der Waals surface area contributed by atoms with Crippen molar-refractivity contribution in [2.75, 3.05) is 0 Å². The maximum absolute atomic E-state index is 4.79. The van der Waals surface area contributed by atoms with E-state index in [1.165, 1.54) is 37.8 Å². The highest BCUT2D eigenvalue weighted by Crippen LogP contribution is 2.22. The maximum atomic E-state index is 4.79. The Morgan fingerprint density at radius 2 is 1.87 bits per heavy atom. The predicted molar refractivity (Wildman–Crippen MR) is 67.2 cm³/mol. The van der Waals surface area contributed by atoms with E-state index in [0.29, 0.717) is 12.1 Å². The molecule has 1 rings (SSSR count). The van der Waals surface area contributed by atoms with Crippen LogP contribution in [0.15, 0.2) is 5.10 Å². The Hall–Kier alpha value is -0.530. The van der Waals surface area contributed by atoms with Gasteiger partial charge in [0.05, 0.1) is 0 Å². The summed E-state index contributed by atoms with van der Waals surface area (Å²) in [6, 6.07) is 1.26. The molecule has 0 amide bonds. The molecule has 0 spiro atoms. The van der Waals surface area contributed by atoms with Gasteiger partial charge < -0.3 is 0 Å². The largest absolute Gasteiger partial charge is 0.292 e. The molecule has 2 heteroatoms. The lowest BCUT2D eigenvalue weighted by molar-refractivity contribution is 0.108. The number of rotatable bonds is 4. The quantitative estimate of drug-likeness (QED) is 0.644. The molecule has 0 radical (unpaired) electrons. The summed E-state index contributed by atoms with van der Waals surface area (Å²) in [4.78, 5) is 0. The molecule has 0 bridgehead atoms. The molecule has 0 aromatic rings. The highest BCUT2D eigenvalue weighted by molar-refractivity contribution is 5.81. The highest BCUT2D eigenvalue weighted by Gasteiger charge is 2.23. The fourth-order valence-electron chi connectivity index (χ4n) is 2.28. The van der Waals surface area contributed by atoms with Gasteiger partial charge in [0.1, 0.15) is 0 Å². The zero-order valence-corrected chi connectivity index (χ0v) is 10.8. The van der Waals surface area contributed by atoms with Gasteiger partial charge in [0.2, 0.25) is 0 Å². The minimum atomic E-state index is 0.630. The van der Waals surface area contributed by atoms with Crippen LogP contribution in [0.2, 0.25) is 0 Å². The van der Waals surface area contributed by atoms with Crippen LogP contribution < -0.4 is 0 Å². The van der Waals surface area contributed by atoms with E-state index in [4.69, 9.17) is 5.10 Å². The number of piperidine rings is 1. The van der Waals surface area contributed by atoms with Gasteiger partial charge in [-0.25, -0.2) is 0 Å². The Kier molecular flexibility index (Phi) is 5.13. The minimum absolute atomic E-state index is 0.630.